The summed E-state index contributed by atoms with van der Waals surface area (Å²) in [6.07, 6.45) is 0.357. The number of halogens is 2. The molecule has 0 saturated carbocycles. The Morgan fingerprint density at radius 3 is 2.50 bits per heavy atom. The van der Waals surface area contributed by atoms with Gasteiger partial charge in [-0.25, -0.2) is 8.78 Å². The van der Waals surface area contributed by atoms with Gasteiger partial charge in [0.2, 0.25) is 0 Å². The number of hydrogen-bond acceptors (Lipinski definition) is 1. The highest BCUT2D eigenvalue weighted by molar-refractivity contribution is 5.28. The van der Waals surface area contributed by atoms with Crippen molar-refractivity contribution in [2.24, 2.45) is 5.73 Å². The molecule has 0 aliphatic rings. The number of benzene rings is 2. The molecule has 0 fully saturated rings. The first-order valence-corrected chi connectivity index (χ1v) is 5.82. The topological polar surface area (TPSA) is 26.0 Å². The van der Waals surface area contributed by atoms with Gasteiger partial charge in [0.1, 0.15) is 11.6 Å². The second kappa shape index (κ2) is 5.27. The van der Waals surface area contributed by atoms with Crippen LogP contribution in [0.3, 0.4) is 0 Å². The quantitative estimate of drug-likeness (QED) is 0.882. The van der Waals surface area contributed by atoms with Gasteiger partial charge in [-0.05, 0) is 48.2 Å². The molecule has 1 nitrogen and oxygen atoms in total. The normalized spacial score (nSPS) is 12.4. The van der Waals surface area contributed by atoms with Gasteiger partial charge in [-0.3, -0.25) is 0 Å². The number of rotatable bonds is 3. The monoisotopic (exact) mass is 247 g/mol. The third kappa shape index (κ3) is 2.93. The van der Waals surface area contributed by atoms with E-state index in [0.717, 1.165) is 5.56 Å². The first-order valence-electron chi connectivity index (χ1n) is 5.82. The molecular weight excluding hydrogens is 232 g/mol. The fraction of sp³-hybridized carbons (Fsp3) is 0.200. The Morgan fingerprint density at radius 2 is 1.83 bits per heavy atom. The number of hydrogen-bond donors (Lipinski definition) is 1. The molecule has 94 valence electrons. The molecule has 2 aromatic rings. The first kappa shape index (κ1) is 12.7. The molecule has 18 heavy (non-hydrogen) atoms. The maximum atomic E-state index is 13.5. The van der Waals surface area contributed by atoms with Crippen LogP contribution >= 0.6 is 0 Å². The second-order valence-corrected chi connectivity index (χ2v) is 4.46. The number of nitrogens with two attached hydrogens (primary N) is 1. The summed E-state index contributed by atoms with van der Waals surface area (Å²) in [7, 11) is 0. The Morgan fingerprint density at radius 1 is 1.11 bits per heavy atom. The Bertz CT molecular complexity index is 532. The Balaban J connectivity index is 2.22. The van der Waals surface area contributed by atoms with Crippen molar-refractivity contribution in [1.29, 1.82) is 0 Å². The molecular formula is C15H15F2N. The van der Waals surface area contributed by atoms with E-state index in [1.807, 2.05) is 13.0 Å². The molecule has 0 saturated heterocycles. The van der Waals surface area contributed by atoms with E-state index in [-0.39, 0.29) is 11.6 Å². The zero-order chi connectivity index (χ0) is 13.1. The van der Waals surface area contributed by atoms with Gasteiger partial charge in [-0.2, -0.15) is 0 Å². The molecule has 0 spiro atoms. The zero-order valence-electron chi connectivity index (χ0n) is 10.2. The minimum Gasteiger partial charge on any atom is -0.324 e. The van der Waals surface area contributed by atoms with Crippen LogP contribution in [0.1, 0.15) is 22.7 Å². The van der Waals surface area contributed by atoms with Crippen molar-refractivity contribution in [2.75, 3.05) is 0 Å². The lowest BCUT2D eigenvalue weighted by Crippen LogP contribution is -2.14. The summed E-state index contributed by atoms with van der Waals surface area (Å²) in [6.45, 7) is 1.81. The van der Waals surface area contributed by atoms with E-state index in [1.165, 1.54) is 18.2 Å². The lowest BCUT2D eigenvalue weighted by atomic mass is 9.98. The van der Waals surface area contributed by atoms with Gasteiger partial charge in [-0.1, -0.05) is 24.3 Å². The molecule has 2 N–H and O–H groups in total. The predicted molar refractivity (Wildman–Crippen MR) is 68.2 cm³/mol. The molecule has 3 heteroatoms. The SMILES string of the molecule is Cc1cc(F)cc(C(N)Cc2ccccc2F)c1. The molecule has 2 rings (SSSR count). The van der Waals surface area contributed by atoms with Gasteiger partial charge in [0.25, 0.3) is 0 Å². The molecule has 0 heterocycles. The maximum Gasteiger partial charge on any atom is 0.126 e. The molecule has 0 aromatic heterocycles. The Kier molecular flexibility index (Phi) is 3.72. The van der Waals surface area contributed by atoms with Crippen molar-refractivity contribution in [3.63, 3.8) is 0 Å². The van der Waals surface area contributed by atoms with Crippen molar-refractivity contribution < 1.29 is 8.78 Å². The molecule has 0 bridgehead atoms. The van der Waals surface area contributed by atoms with Crippen molar-refractivity contribution in [1.82, 2.24) is 0 Å². The summed E-state index contributed by atoms with van der Waals surface area (Å²) in [5.74, 6) is -0.588. The molecule has 1 unspecified atom stereocenters. The van der Waals surface area contributed by atoms with Crippen LogP contribution in [0.25, 0.3) is 0 Å². The van der Waals surface area contributed by atoms with Crippen LogP contribution in [0, 0.1) is 18.6 Å². The summed E-state index contributed by atoms with van der Waals surface area (Å²) < 4.78 is 26.8. The molecule has 0 radical (unpaired) electrons. The lowest BCUT2D eigenvalue weighted by Gasteiger charge is -2.13. The summed E-state index contributed by atoms with van der Waals surface area (Å²) in [4.78, 5) is 0. The van der Waals surface area contributed by atoms with Gasteiger partial charge in [0, 0.05) is 6.04 Å². The highest BCUT2D eigenvalue weighted by atomic mass is 19.1. The maximum absolute atomic E-state index is 13.5. The van der Waals surface area contributed by atoms with Crippen LogP contribution in [0.4, 0.5) is 8.78 Å². The van der Waals surface area contributed by atoms with E-state index in [2.05, 4.69) is 0 Å². The lowest BCUT2D eigenvalue weighted by molar-refractivity contribution is 0.589. The van der Waals surface area contributed by atoms with E-state index in [0.29, 0.717) is 17.5 Å². The summed E-state index contributed by atoms with van der Waals surface area (Å²) in [5, 5.41) is 0. The van der Waals surface area contributed by atoms with E-state index < -0.39 is 6.04 Å². The van der Waals surface area contributed by atoms with Gasteiger partial charge in [0.15, 0.2) is 0 Å². The van der Waals surface area contributed by atoms with E-state index in [9.17, 15) is 8.78 Å². The fourth-order valence-electron chi connectivity index (χ4n) is 2.00. The second-order valence-electron chi connectivity index (χ2n) is 4.46. The molecule has 2 aromatic carbocycles. The highest BCUT2D eigenvalue weighted by Crippen LogP contribution is 2.20. The third-order valence-electron chi connectivity index (χ3n) is 2.89. The third-order valence-corrected chi connectivity index (χ3v) is 2.89. The van der Waals surface area contributed by atoms with Crippen LogP contribution in [0.2, 0.25) is 0 Å². The van der Waals surface area contributed by atoms with Gasteiger partial charge >= 0.3 is 0 Å². The number of aryl methyl sites for hydroxylation is 1. The average Bonchev–Trinajstić information content (AvgIpc) is 2.31. The zero-order valence-corrected chi connectivity index (χ0v) is 10.2. The summed E-state index contributed by atoms with van der Waals surface area (Å²) in [6, 6.07) is 10.8. The van der Waals surface area contributed by atoms with Crippen molar-refractivity contribution in [3.8, 4) is 0 Å². The van der Waals surface area contributed by atoms with Crippen LogP contribution in [-0.2, 0) is 6.42 Å². The van der Waals surface area contributed by atoms with Crippen molar-refractivity contribution in [2.45, 2.75) is 19.4 Å². The van der Waals surface area contributed by atoms with Crippen molar-refractivity contribution >= 4 is 0 Å². The minimum atomic E-state index is -0.406. The predicted octanol–water partition coefficient (Wildman–Crippen LogP) is 3.52. The molecule has 0 amide bonds. The molecule has 1 atom stereocenters. The van der Waals surface area contributed by atoms with E-state index in [1.54, 1.807) is 18.2 Å². The van der Waals surface area contributed by atoms with E-state index >= 15 is 0 Å². The molecule has 0 aliphatic carbocycles. The Hall–Kier alpha value is -1.74. The smallest absolute Gasteiger partial charge is 0.126 e. The largest absolute Gasteiger partial charge is 0.324 e. The van der Waals surface area contributed by atoms with Crippen LogP contribution in [0.15, 0.2) is 42.5 Å². The average molecular weight is 247 g/mol. The van der Waals surface area contributed by atoms with Crippen LogP contribution in [-0.4, -0.2) is 0 Å². The molecule has 0 aliphatic heterocycles. The first-order chi connectivity index (χ1) is 8.56. The van der Waals surface area contributed by atoms with E-state index in [4.69, 9.17) is 5.73 Å². The van der Waals surface area contributed by atoms with Gasteiger partial charge in [0.05, 0.1) is 0 Å². The van der Waals surface area contributed by atoms with Crippen LogP contribution in [0.5, 0.6) is 0 Å². The minimum absolute atomic E-state index is 0.277. The fourth-order valence-corrected chi connectivity index (χ4v) is 2.00. The standard InChI is InChI=1S/C15H15F2N/c1-10-6-12(8-13(16)7-10)15(18)9-11-4-2-3-5-14(11)17/h2-8,15H,9,18H2,1H3. The van der Waals surface area contributed by atoms with Crippen LogP contribution < -0.4 is 5.73 Å². The summed E-state index contributed by atoms with van der Waals surface area (Å²) in [5.41, 5.74) is 8.05. The summed E-state index contributed by atoms with van der Waals surface area (Å²) >= 11 is 0. The van der Waals surface area contributed by atoms with Gasteiger partial charge < -0.3 is 5.73 Å². The van der Waals surface area contributed by atoms with Gasteiger partial charge in [-0.15, -0.1) is 0 Å². The Labute approximate surface area is 105 Å². The van der Waals surface area contributed by atoms with Crippen molar-refractivity contribution in [3.05, 3.63) is 70.8 Å². The highest BCUT2D eigenvalue weighted by Gasteiger charge is 2.11.